The number of carbonyl (C=O) groups is 1. The Kier molecular flexibility index (Phi) is 2.68. The Hall–Kier alpha value is -1.83. The van der Waals surface area contributed by atoms with Crippen LogP contribution in [0.15, 0.2) is 48.2 Å². The minimum atomic E-state index is 0.0458. The maximum atomic E-state index is 11.5. The number of benzene rings is 1. The summed E-state index contributed by atoms with van der Waals surface area (Å²) in [6.45, 7) is 2.02. The lowest BCUT2D eigenvalue weighted by molar-refractivity contribution is -0.111. The van der Waals surface area contributed by atoms with Crippen LogP contribution in [0.1, 0.15) is 12.0 Å². The molecule has 2 nitrogen and oxygen atoms in total. The first-order valence-electron chi connectivity index (χ1n) is 5.01. The third kappa shape index (κ3) is 2.15. The van der Waals surface area contributed by atoms with Crippen LogP contribution in [0, 0.1) is 6.92 Å². The molecule has 0 aromatic heterocycles. The lowest BCUT2D eigenvalue weighted by Gasteiger charge is -2.12. The van der Waals surface area contributed by atoms with Gasteiger partial charge in [0.15, 0.2) is 0 Å². The van der Waals surface area contributed by atoms with E-state index in [4.69, 9.17) is 0 Å². The minimum Gasteiger partial charge on any atom is -0.352 e. The van der Waals surface area contributed by atoms with E-state index in [0.29, 0.717) is 5.70 Å². The van der Waals surface area contributed by atoms with E-state index in [1.165, 1.54) is 0 Å². The number of rotatable bonds is 2. The van der Waals surface area contributed by atoms with E-state index in [1.807, 2.05) is 43.3 Å². The van der Waals surface area contributed by atoms with Gasteiger partial charge in [0.2, 0.25) is 5.78 Å². The smallest absolute Gasteiger partial charge is 0.201 e. The van der Waals surface area contributed by atoms with Crippen LogP contribution in [0.2, 0.25) is 0 Å². The van der Waals surface area contributed by atoms with E-state index in [-0.39, 0.29) is 5.78 Å². The van der Waals surface area contributed by atoms with Gasteiger partial charge in [0.05, 0.1) is 5.70 Å². The molecular formula is C13H13NO. The molecule has 1 aliphatic carbocycles. The Labute approximate surface area is 89.3 Å². The molecule has 0 aliphatic heterocycles. The van der Waals surface area contributed by atoms with Gasteiger partial charge < -0.3 is 5.32 Å². The standard InChI is InChI=1S/C13H13NO/c1-10-6-2-3-7-11(10)14-12-8-4-5-9-13(12)15/h2-3,5-9,14H,4H2,1H3. The third-order valence-corrected chi connectivity index (χ3v) is 2.41. The molecule has 1 aromatic carbocycles. The molecule has 1 N–H and O–H groups in total. The topological polar surface area (TPSA) is 29.1 Å². The molecule has 76 valence electrons. The third-order valence-electron chi connectivity index (χ3n) is 2.41. The number of anilines is 1. The van der Waals surface area contributed by atoms with Crippen molar-refractivity contribution in [1.82, 2.24) is 0 Å². The second-order valence-corrected chi connectivity index (χ2v) is 3.56. The molecule has 0 bridgehead atoms. The van der Waals surface area contributed by atoms with Crippen molar-refractivity contribution in [3.8, 4) is 0 Å². The number of ketones is 1. The maximum Gasteiger partial charge on any atom is 0.201 e. The van der Waals surface area contributed by atoms with Crippen molar-refractivity contribution in [3.63, 3.8) is 0 Å². The van der Waals surface area contributed by atoms with Gasteiger partial charge in [0.1, 0.15) is 0 Å². The van der Waals surface area contributed by atoms with E-state index in [0.717, 1.165) is 17.7 Å². The van der Waals surface area contributed by atoms with Gasteiger partial charge in [-0.15, -0.1) is 0 Å². The van der Waals surface area contributed by atoms with Gasteiger partial charge in [-0.25, -0.2) is 0 Å². The molecule has 0 radical (unpaired) electrons. The van der Waals surface area contributed by atoms with Crippen molar-refractivity contribution >= 4 is 11.5 Å². The average Bonchev–Trinajstić information content (AvgIpc) is 2.24. The van der Waals surface area contributed by atoms with Gasteiger partial charge in [0.25, 0.3) is 0 Å². The largest absolute Gasteiger partial charge is 0.352 e. The Morgan fingerprint density at radius 3 is 2.80 bits per heavy atom. The summed E-state index contributed by atoms with van der Waals surface area (Å²) in [7, 11) is 0. The zero-order valence-electron chi connectivity index (χ0n) is 8.66. The SMILES string of the molecule is Cc1ccccc1NC1=CCC=CC1=O. The molecule has 2 rings (SSSR count). The molecule has 15 heavy (non-hydrogen) atoms. The van der Waals surface area contributed by atoms with Crippen LogP contribution in [-0.4, -0.2) is 5.78 Å². The van der Waals surface area contributed by atoms with Crippen molar-refractivity contribution < 1.29 is 4.79 Å². The zero-order chi connectivity index (χ0) is 10.7. The van der Waals surface area contributed by atoms with Crippen molar-refractivity contribution in [2.24, 2.45) is 0 Å². The first kappa shape index (κ1) is 9.71. The van der Waals surface area contributed by atoms with Gasteiger partial charge in [0, 0.05) is 5.69 Å². The van der Waals surface area contributed by atoms with Crippen LogP contribution >= 0.6 is 0 Å². The second kappa shape index (κ2) is 4.13. The highest BCUT2D eigenvalue weighted by molar-refractivity contribution is 6.06. The first-order chi connectivity index (χ1) is 7.27. The predicted molar refractivity (Wildman–Crippen MR) is 61.6 cm³/mol. The molecule has 0 spiro atoms. The predicted octanol–water partition coefficient (Wildman–Crippen LogP) is 2.82. The number of aryl methyl sites for hydroxylation is 1. The molecule has 0 atom stereocenters. The fourth-order valence-electron chi connectivity index (χ4n) is 1.52. The fraction of sp³-hybridized carbons (Fsp3) is 0.154. The van der Waals surface area contributed by atoms with Crippen LogP contribution in [-0.2, 0) is 4.79 Å². The Morgan fingerprint density at radius 1 is 1.27 bits per heavy atom. The van der Waals surface area contributed by atoms with Crippen LogP contribution in [0.3, 0.4) is 0 Å². The molecule has 0 amide bonds. The van der Waals surface area contributed by atoms with E-state index in [1.54, 1.807) is 6.08 Å². The van der Waals surface area contributed by atoms with Gasteiger partial charge >= 0.3 is 0 Å². The van der Waals surface area contributed by atoms with Gasteiger partial charge in [-0.3, -0.25) is 4.79 Å². The van der Waals surface area contributed by atoms with E-state index < -0.39 is 0 Å². The van der Waals surface area contributed by atoms with Crippen molar-refractivity contribution in [3.05, 3.63) is 53.8 Å². The number of hydrogen-bond acceptors (Lipinski definition) is 2. The number of hydrogen-bond donors (Lipinski definition) is 1. The molecular weight excluding hydrogens is 186 g/mol. The molecule has 0 saturated heterocycles. The van der Waals surface area contributed by atoms with Crippen molar-refractivity contribution in [1.29, 1.82) is 0 Å². The zero-order valence-corrected chi connectivity index (χ0v) is 8.66. The molecule has 0 fully saturated rings. The highest BCUT2D eigenvalue weighted by Crippen LogP contribution is 2.17. The van der Waals surface area contributed by atoms with E-state index in [2.05, 4.69) is 5.32 Å². The molecule has 0 unspecified atom stereocenters. The highest BCUT2D eigenvalue weighted by atomic mass is 16.1. The molecule has 0 heterocycles. The second-order valence-electron chi connectivity index (χ2n) is 3.56. The van der Waals surface area contributed by atoms with E-state index >= 15 is 0 Å². The van der Waals surface area contributed by atoms with Gasteiger partial charge in [-0.1, -0.05) is 30.4 Å². The number of nitrogens with one attached hydrogen (secondary N) is 1. The molecule has 1 aliphatic rings. The normalized spacial score (nSPS) is 15.0. The maximum absolute atomic E-state index is 11.5. The number of carbonyl (C=O) groups excluding carboxylic acids is 1. The summed E-state index contributed by atoms with van der Waals surface area (Å²) in [5.41, 5.74) is 2.81. The van der Waals surface area contributed by atoms with Gasteiger partial charge in [-0.05, 0) is 31.1 Å². The Balaban J connectivity index is 2.19. The number of allylic oxidation sites excluding steroid dienone is 3. The molecule has 0 saturated carbocycles. The first-order valence-corrected chi connectivity index (χ1v) is 5.01. The average molecular weight is 199 g/mol. The Morgan fingerprint density at radius 2 is 2.07 bits per heavy atom. The van der Waals surface area contributed by atoms with Crippen LogP contribution < -0.4 is 5.32 Å². The lowest BCUT2D eigenvalue weighted by Crippen LogP contribution is -2.11. The summed E-state index contributed by atoms with van der Waals surface area (Å²) in [6, 6.07) is 7.93. The van der Waals surface area contributed by atoms with Crippen molar-refractivity contribution in [2.45, 2.75) is 13.3 Å². The van der Waals surface area contributed by atoms with Crippen LogP contribution in [0.25, 0.3) is 0 Å². The Bertz CT molecular complexity index is 444. The van der Waals surface area contributed by atoms with Crippen LogP contribution in [0.4, 0.5) is 5.69 Å². The highest BCUT2D eigenvalue weighted by Gasteiger charge is 2.09. The number of para-hydroxylation sites is 1. The molecule has 1 aromatic rings. The fourth-order valence-corrected chi connectivity index (χ4v) is 1.52. The van der Waals surface area contributed by atoms with E-state index in [9.17, 15) is 4.79 Å². The minimum absolute atomic E-state index is 0.0458. The van der Waals surface area contributed by atoms with Crippen LogP contribution in [0.5, 0.6) is 0 Å². The summed E-state index contributed by atoms with van der Waals surface area (Å²) in [4.78, 5) is 11.5. The van der Waals surface area contributed by atoms with Crippen molar-refractivity contribution in [2.75, 3.05) is 5.32 Å². The summed E-state index contributed by atoms with van der Waals surface area (Å²) in [6.07, 6.45) is 6.21. The molecule has 2 heteroatoms. The lowest BCUT2D eigenvalue weighted by atomic mass is 10.1. The monoisotopic (exact) mass is 199 g/mol. The summed E-state index contributed by atoms with van der Waals surface area (Å²) < 4.78 is 0. The summed E-state index contributed by atoms with van der Waals surface area (Å²) >= 11 is 0. The summed E-state index contributed by atoms with van der Waals surface area (Å²) in [5, 5.41) is 3.16. The van der Waals surface area contributed by atoms with Gasteiger partial charge in [-0.2, -0.15) is 0 Å². The summed E-state index contributed by atoms with van der Waals surface area (Å²) in [5.74, 6) is 0.0458. The quantitative estimate of drug-likeness (QED) is 0.793.